The van der Waals surface area contributed by atoms with E-state index in [9.17, 15) is 9.18 Å². The van der Waals surface area contributed by atoms with Crippen LogP contribution >= 0.6 is 11.8 Å². The van der Waals surface area contributed by atoms with Gasteiger partial charge < -0.3 is 0 Å². The van der Waals surface area contributed by atoms with E-state index in [1.165, 1.54) is 35.7 Å². The number of carbonyl (C=O) groups is 1. The highest BCUT2D eigenvalue weighted by molar-refractivity contribution is 7.99. The number of thioether (sulfide) groups is 1. The molecule has 0 aliphatic heterocycles. The van der Waals surface area contributed by atoms with E-state index in [1.54, 1.807) is 12.1 Å². The molecule has 108 valence electrons. The van der Waals surface area contributed by atoms with Gasteiger partial charge in [-0.3, -0.25) is 4.79 Å². The van der Waals surface area contributed by atoms with Crippen molar-refractivity contribution in [2.45, 2.75) is 5.75 Å². The number of halogens is 1. The molecule has 0 aliphatic carbocycles. The van der Waals surface area contributed by atoms with Crippen molar-refractivity contribution >= 4 is 23.9 Å². The number of hydrogen-bond acceptors (Lipinski definition) is 3. The van der Waals surface area contributed by atoms with Crippen molar-refractivity contribution in [1.29, 1.82) is 0 Å². The van der Waals surface area contributed by atoms with Crippen LogP contribution in [0.25, 0.3) is 0 Å². The first-order valence-corrected chi connectivity index (χ1v) is 7.58. The van der Waals surface area contributed by atoms with Gasteiger partial charge in [-0.25, -0.2) is 9.82 Å². The SMILES string of the molecule is O=C(CSCc1ccccc1)NN=Cc1ccc(F)cc1. The largest absolute Gasteiger partial charge is 0.272 e. The van der Waals surface area contributed by atoms with Crippen LogP contribution in [0.4, 0.5) is 4.39 Å². The standard InChI is InChI=1S/C16H15FN2OS/c17-15-8-6-13(7-9-15)10-18-19-16(20)12-21-11-14-4-2-1-3-5-14/h1-10H,11-12H2,(H,19,20). The highest BCUT2D eigenvalue weighted by Gasteiger charge is 2.00. The maximum atomic E-state index is 12.7. The van der Waals surface area contributed by atoms with E-state index in [0.29, 0.717) is 5.75 Å². The smallest absolute Gasteiger partial charge is 0.250 e. The molecule has 0 radical (unpaired) electrons. The van der Waals surface area contributed by atoms with Crippen LogP contribution in [0.15, 0.2) is 59.7 Å². The highest BCUT2D eigenvalue weighted by atomic mass is 32.2. The second-order valence-electron chi connectivity index (χ2n) is 4.32. The molecule has 0 saturated heterocycles. The van der Waals surface area contributed by atoms with Crippen LogP contribution in [0.3, 0.4) is 0 Å². The van der Waals surface area contributed by atoms with Crippen LogP contribution in [-0.2, 0) is 10.5 Å². The van der Waals surface area contributed by atoms with E-state index in [0.717, 1.165) is 11.3 Å². The Morgan fingerprint density at radius 2 is 1.86 bits per heavy atom. The van der Waals surface area contributed by atoms with E-state index in [1.807, 2.05) is 30.3 Å². The normalized spacial score (nSPS) is 10.7. The van der Waals surface area contributed by atoms with Crippen LogP contribution in [0.2, 0.25) is 0 Å². The van der Waals surface area contributed by atoms with Gasteiger partial charge in [0.1, 0.15) is 5.82 Å². The third kappa shape index (κ3) is 5.79. The number of nitrogens with one attached hydrogen (secondary N) is 1. The Morgan fingerprint density at radius 3 is 2.57 bits per heavy atom. The van der Waals surface area contributed by atoms with Gasteiger partial charge in [-0.1, -0.05) is 42.5 Å². The van der Waals surface area contributed by atoms with Crippen molar-refractivity contribution in [2.75, 3.05) is 5.75 Å². The molecular formula is C16H15FN2OS. The molecule has 0 aliphatic rings. The predicted octanol–water partition coefficient (Wildman–Crippen LogP) is 3.21. The zero-order valence-electron chi connectivity index (χ0n) is 11.3. The molecule has 2 aromatic rings. The summed E-state index contributed by atoms with van der Waals surface area (Å²) in [6, 6.07) is 15.8. The molecule has 0 bridgehead atoms. The van der Waals surface area contributed by atoms with Gasteiger partial charge in [-0.05, 0) is 23.3 Å². The first-order valence-electron chi connectivity index (χ1n) is 6.43. The number of hydrogen-bond donors (Lipinski definition) is 1. The molecule has 0 spiro atoms. The third-order valence-corrected chi connectivity index (χ3v) is 3.62. The minimum Gasteiger partial charge on any atom is -0.272 e. The maximum Gasteiger partial charge on any atom is 0.250 e. The summed E-state index contributed by atoms with van der Waals surface area (Å²) in [6.07, 6.45) is 1.49. The van der Waals surface area contributed by atoms with Gasteiger partial charge in [0.15, 0.2) is 0 Å². The topological polar surface area (TPSA) is 41.5 Å². The van der Waals surface area contributed by atoms with Gasteiger partial charge in [0.05, 0.1) is 12.0 Å². The van der Waals surface area contributed by atoms with Crippen LogP contribution in [0, 0.1) is 5.82 Å². The van der Waals surface area contributed by atoms with E-state index < -0.39 is 0 Å². The van der Waals surface area contributed by atoms with Crippen LogP contribution in [0.1, 0.15) is 11.1 Å². The summed E-state index contributed by atoms with van der Waals surface area (Å²) in [4.78, 5) is 11.6. The average Bonchev–Trinajstić information content (AvgIpc) is 2.50. The van der Waals surface area contributed by atoms with Gasteiger partial charge in [0.25, 0.3) is 0 Å². The molecule has 5 heteroatoms. The summed E-state index contributed by atoms with van der Waals surface area (Å²) in [6.45, 7) is 0. The number of hydrazone groups is 1. The van der Waals surface area contributed by atoms with Crippen molar-refractivity contribution in [3.63, 3.8) is 0 Å². The molecular weight excluding hydrogens is 287 g/mol. The van der Waals surface area contributed by atoms with Gasteiger partial charge in [0.2, 0.25) is 5.91 Å². The van der Waals surface area contributed by atoms with Crippen LogP contribution in [-0.4, -0.2) is 17.9 Å². The van der Waals surface area contributed by atoms with Gasteiger partial charge >= 0.3 is 0 Å². The lowest BCUT2D eigenvalue weighted by atomic mass is 10.2. The predicted molar refractivity (Wildman–Crippen MR) is 84.7 cm³/mol. The quantitative estimate of drug-likeness (QED) is 0.657. The van der Waals surface area contributed by atoms with Gasteiger partial charge in [-0.2, -0.15) is 5.10 Å². The summed E-state index contributed by atoms with van der Waals surface area (Å²) in [5, 5.41) is 3.84. The molecule has 0 heterocycles. The fraction of sp³-hybridized carbons (Fsp3) is 0.125. The van der Waals surface area contributed by atoms with E-state index >= 15 is 0 Å². The Hall–Kier alpha value is -2.14. The molecule has 3 nitrogen and oxygen atoms in total. The van der Waals surface area contributed by atoms with Crippen molar-refractivity contribution in [3.05, 3.63) is 71.5 Å². The molecule has 0 aromatic heterocycles. The fourth-order valence-electron chi connectivity index (χ4n) is 1.60. The lowest BCUT2D eigenvalue weighted by molar-refractivity contribution is -0.118. The van der Waals surface area contributed by atoms with Crippen LogP contribution < -0.4 is 5.43 Å². The zero-order chi connectivity index (χ0) is 14.9. The highest BCUT2D eigenvalue weighted by Crippen LogP contribution is 2.10. The Morgan fingerprint density at radius 1 is 1.14 bits per heavy atom. The summed E-state index contributed by atoms with van der Waals surface area (Å²) in [7, 11) is 0. The lowest BCUT2D eigenvalue weighted by Gasteiger charge is -2.01. The molecule has 21 heavy (non-hydrogen) atoms. The summed E-state index contributed by atoms with van der Waals surface area (Å²) in [5.74, 6) is 0.675. The Balaban J connectivity index is 1.69. The first-order chi connectivity index (χ1) is 10.2. The monoisotopic (exact) mass is 302 g/mol. The number of benzene rings is 2. The third-order valence-electron chi connectivity index (χ3n) is 2.62. The molecule has 0 saturated carbocycles. The average molecular weight is 302 g/mol. The molecule has 0 unspecified atom stereocenters. The number of rotatable bonds is 6. The number of nitrogens with zero attached hydrogens (tertiary/aromatic N) is 1. The molecule has 0 atom stereocenters. The second-order valence-corrected chi connectivity index (χ2v) is 5.31. The van der Waals surface area contributed by atoms with E-state index in [-0.39, 0.29) is 11.7 Å². The first kappa shape index (κ1) is 15.3. The van der Waals surface area contributed by atoms with Crippen LogP contribution in [0.5, 0.6) is 0 Å². The van der Waals surface area contributed by atoms with E-state index in [2.05, 4.69) is 10.5 Å². The Bertz CT molecular complexity index is 599. The molecule has 0 fully saturated rings. The maximum absolute atomic E-state index is 12.7. The molecule has 2 aromatic carbocycles. The van der Waals surface area contributed by atoms with Crippen molar-refractivity contribution in [2.24, 2.45) is 5.10 Å². The summed E-state index contributed by atoms with van der Waals surface area (Å²) in [5.41, 5.74) is 4.36. The minimum absolute atomic E-state index is 0.158. The second kappa shape index (κ2) is 8.21. The van der Waals surface area contributed by atoms with Crippen molar-refractivity contribution < 1.29 is 9.18 Å². The fourth-order valence-corrected chi connectivity index (χ4v) is 2.38. The Labute approximate surface area is 127 Å². The van der Waals surface area contributed by atoms with Gasteiger partial charge in [-0.15, -0.1) is 11.8 Å². The lowest BCUT2D eigenvalue weighted by Crippen LogP contribution is -2.19. The molecule has 1 N–H and O–H groups in total. The summed E-state index contributed by atoms with van der Waals surface area (Å²) >= 11 is 1.53. The van der Waals surface area contributed by atoms with E-state index in [4.69, 9.17) is 0 Å². The molecule has 1 amide bonds. The number of amides is 1. The molecule has 2 rings (SSSR count). The van der Waals surface area contributed by atoms with Gasteiger partial charge in [0, 0.05) is 5.75 Å². The van der Waals surface area contributed by atoms with Crippen molar-refractivity contribution in [3.8, 4) is 0 Å². The summed E-state index contributed by atoms with van der Waals surface area (Å²) < 4.78 is 12.7. The number of carbonyl (C=O) groups excluding carboxylic acids is 1. The Kier molecular flexibility index (Phi) is 5.97. The minimum atomic E-state index is -0.298. The van der Waals surface area contributed by atoms with Crippen molar-refractivity contribution in [1.82, 2.24) is 5.43 Å². The zero-order valence-corrected chi connectivity index (χ0v) is 12.1.